The Morgan fingerprint density at radius 2 is 1.53 bits per heavy atom. The molecule has 1 amide bonds. The first-order chi connectivity index (χ1) is 17.3. The maximum absolute atomic E-state index is 13.3. The highest BCUT2D eigenvalue weighted by Gasteiger charge is 2.24. The summed E-state index contributed by atoms with van der Waals surface area (Å²) in [5, 5.41) is 0. The fourth-order valence-corrected chi connectivity index (χ4v) is 4.54. The first-order valence-electron chi connectivity index (χ1n) is 12.4. The van der Waals surface area contributed by atoms with E-state index in [1.165, 1.54) is 0 Å². The van der Waals surface area contributed by atoms with Gasteiger partial charge in [0, 0.05) is 43.0 Å². The summed E-state index contributed by atoms with van der Waals surface area (Å²) in [7, 11) is 3.31. The summed E-state index contributed by atoms with van der Waals surface area (Å²) in [6.45, 7) is 9.74. The number of hydrogen-bond acceptors (Lipinski definition) is 5. The van der Waals surface area contributed by atoms with Crippen molar-refractivity contribution in [3.63, 3.8) is 0 Å². The number of benzene rings is 3. The molecule has 0 N–H and O–H groups in total. The van der Waals surface area contributed by atoms with Gasteiger partial charge < -0.3 is 24.0 Å². The van der Waals surface area contributed by atoms with Crippen LogP contribution in [0, 0.1) is 0 Å². The Kier molecular flexibility index (Phi) is 7.73. The molecule has 1 aliphatic rings. The fraction of sp³-hybridized carbons (Fsp3) is 0.367. The maximum Gasteiger partial charge on any atom is 0.253 e. The molecular formula is C30H36N2O4. The quantitative estimate of drug-likeness (QED) is 0.437. The van der Waals surface area contributed by atoms with E-state index in [1.54, 1.807) is 14.2 Å². The zero-order chi connectivity index (χ0) is 25.7. The van der Waals surface area contributed by atoms with E-state index >= 15 is 0 Å². The van der Waals surface area contributed by atoms with Crippen molar-refractivity contribution in [2.45, 2.75) is 32.8 Å². The van der Waals surface area contributed by atoms with Gasteiger partial charge in [-0.25, -0.2) is 0 Å². The maximum atomic E-state index is 13.3. The van der Waals surface area contributed by atoms with Gasteiger partial charge in [-0.1, -0.05) is 39.0 Å². The van der Waals surface area contributed by atoms with Crippen LogP contribution in [0.4, 0.5) is 5.69 Å². The largest absolute Gasteiger partial charge is 0.497 e. The van der Waals surface area contributed by atoms with E-state index < -0.39 is 0 Å². The van der Waals surface area contributed by atoms with Crippen LogP contribution in [0.2, 0.25) is 0 Å². The molecular weight excluding hydrogens is 452 g/mol. The molecule has 6 heteroatoms. The third-order valence-electron chi connectivity index (χ3n) is 6.61. The summed E-state index contributed by atoms with van der Waals surface area (Å²) in [4.78, 5) is 17.6. The first-order valence-corrected chi connectivity index (χ1v) is 12.4. The van der Waals surface area contributed by atoms with E-state index in [9.17, 15) is 4.79 Å². The van der Waals surface area contributed by atoms with Crippen LogP contribution in [-0.2, 0) is 12.0 Å². The molecule has 36 heavy (non-hydrogen) atoms. The molecule has 3 aromatic carbocycles. The Balaban J connectivity index is 1.44. The third-order valence-corrected chi connectivity index (χ3v) is 6.61. The van der Waals surface area contributed by atoms with Crippen molar-refractivity contribution in [2.24, 2.45) is 0 Å². The summed E-state index contributed by atoms with van der Waals surface area (Å²) in [5.74, 6) is 2.43. The lowest BCUT2D eigenvalue weighted by atomic mass is 9.86. The van der Waals surface area contributed by atoms with Crippen molar-refractivity contribution >= 4 is 11.6 Å². The minimum absolute atomic E-state index is 0.0309. The lowest BCUT2D eigenvalue weighted by Gasteiger charge is -2.36. The minimum atomic E-state index is -0.0353. The second kappa shape index (κ2) is 10.9. The van der Waals surface area contributed by atoms with Crippen molar-refractivity contribution in [2.75, 3.05) is 45.3 Å². The number of carbonyl (C=O) groups is 1. The third kappa shape index (κ3) is 5.76. The number of anilines is 1. The molecule has 0 spiro atoms. The smallest absolute Gasteiger partial charge is 0.253 e. The van der Waals surface area contributed by atoms with Gasteiger partial charge in [-0.2, -0.15) is 0 Å². The van der Waals surface area contributed by atoms with Gasteiger partial charge in [0.05, 0.1) is 14.2 Å². The molecule has 0 atom stereocenters. The van der Waals surface area contributed by atoms with Crippen LogP contribution >= 0.6 is 0 Å². The van der Waals surface area contributed by atoms with Crippen LogP contribution in [-0.4, -0.2) is 51.2 Å². The minimum Gasteiger partial charge on any atom is -0.497 e. The highest BCUT2D eigenvalue weighted by Crippen LogP contribution is 2.32. The Hall–Kier alpha value is -3.67. The van der Waals surface area contributed by atoms with Crippen LogP contribution in [0.25, 0.3) is 0 Å². The van der Waals surface area contributed by atoms with E-state index in [0.29, 0.717) is 31.0 Å². The van der Waals surface area contributed by atoms with Crippen LogP contribution in [0.3, 0.4) is 0 Å². The Morgan fingerprint density at radius 1 is 0.833 bits per heavy atom. The average molecular weight is 489 g/mol. The van der Waals surface area contributed by atoms with E-state index in [1.807, 2.05) is 53.4 Å². The van der Waals surface area contributed by atoms with Crippen molar-refractivity contribution < 1.29 is 19.0 Å². The fourth-order valence-electron chi connectivity index (χ4n) is 4.54. The predicted octanol–water partition coefficient (Wildman–Crippen LogP) is 5.54. The standard InChI is InChI=1S/C30H36N2O4/c1-30(2,3)26-8-6-7-9-28(26)36-21-23-20-22(10-15-27(23)35-5)29(33)32-18-16-31(17-19-32)24-11-13-25(34-4)14-12-24/h6-15,20H,16-19,21H2,1-5H3. The summed E-state index contributed by atoms with van der Waals surface area (Å²) in [6, 6.07) is 21.7. The molecule has 0 bridgehead atoms. The summed E-state index contributed by atoms with van der Waals surface area (Å²) in [5.41, 5.74) is 3.75. The van der Waals surface area contributed by atoms with Gasteiger partial charge in [-0.3, -0.25) is 4.79 Å². The second-order valence-corrected chi connectivity index (χ2v) is 10.0. The van der Waals surface area contributed by atoms with Crippen molar-refractivity contribution in [1.82, 2.24) is 4.90 Å². The molecule has 190 valence electrons. The van der Waals surface area contributed by atoms with Crippen molar-refractivity contribution in [1.29, 1.82) is 0 Å². The molecule has 4 rings (SSSR count). The Morgan fingerprint density at radius 3 is 2.17 bits per heavy atom. The van der Waals surface area contributed by atoms with Gasteiger partial charge in [-0.05, 0) is 59.5 Å². The number of ether oxygens (including phenoxy) is 3. The van der Waals surface area contributed by atoms with Crippen molar-refractivity contribution in [3.8, 4) is 17.2 Å². The van der Waals surface area contributed by atoms with Crippen LogP contribution in [0.15, 0.2) is 66.7 Å². The number of nitrogens with zero attached hydrogens (tertiary/aromatic N) is 2. The monoisotopic (exact) mass is 488 g/mol. The average Bonchev–Trinajstić information content (AvgIpc) is 2.91. The molecule has 1 saturated heterocycles. The molecule has 3 aromatic rings. The number of methoxy groups -OCH3 is 2. The van der Waals surface area contributed by atoms with Gasteiger partial charge >= 0.3 is 0 Å². The zero-order valence-electron chi connectivity index (χ0n) is 21.9. The van der Waals surface area contributed by atoms with Gasteiger partial charge in [0.15, 0.2) is 0 Å². The molecule has 1 heterocycles. The van der Waals surface area contributed by atoms with E-state index in [4.69, 9.17) is 14.2 Å². The predicted molar refractivity (Wildman–Crippen MR) is 144 cm³/mol. The molecule has 1 aliphatic heterocycles. The summed E-state index contributed by atoms with van der Waals surface area (Å²) in [6.07, 6.45) is 0. The number of rotatable bonds is 7. The van der Waals surface area contributed by atoms with Crippen LogP contribution < -0.4 is 19.1 Å². The number of amides is 1. The molecule has 0 radical (unpaired) electrons. The van der Waals surface area contributed by atoms with Crippen LogP contribution in [0.5, 0.6) is 17.2 Å². The number of piperazine rings is 1. The van der Waals surface area contributed by atoms with Gasteiger partial charge in [-0.15, -0.1) is 0 Å². The summed E-state index contributed by atoms with van der Waals surface area (Å²) >= 11 is 0. The van der Waals surface area contributed by atoms with Crippen LogP contribution in [0.1, 0.15) is 42.3 Å². The van der Waals surface area contributed by atoms with Gasteiger partial charge in [0.25, 0.3) is 5.91 Å². The number of carbonyl (C=O) groups excluding carboxylic acids is 1. The summed E-state index contributed by atoms with van der Waals surface area (Å²) < 4.78 is 17.1. The molecule has 0 saturated carbocycles. The lowest BCUT2D eigenvalue weighted by Crippen LogP contribution is -2.48. The van der Waals surface area contributed by atoms with Gasteiger partial charge in [0.2, 0.25) is 0 Å². The topological polar surface area (TPSA) is 51.2 Å². The molecule has 0 unspecified atom stereocenters. The Labute approximate surface area is 214 Å². The van der Waals surface area contributed by atoms with Crippen molar-refractivity contribution in [3.05, 3.63) is 83.4 Å². The molecule has 6 nitrogen and oxygen atoms in total. The molecule has 0 aliphatic carbocycles. The lowest BCUT2D eigenvalue weighted by molar-refractivity contribution is 0.0746. The second-order valence-electron chi connectivity index (χ2n) is 10.0. The van der Waals surface area contributed by atoms with E-state index in [0.717, 1.165) is 41.4 Å². The number of hydrogen-bond donors (Lipinski definition) is 0. The Bertz CT molecular complexity index is 1180. The molecule has 1 fully saturated rings. The van der Waals surface area contributed by atoms with E-state index in [2.05, 4.69) is 43.9 Å². The normalized spacial score (nSPS) is 13.9. The molecule has 0 aromatic heterocycles. The highest BCUT2D eigenvalue weighted by atomic mass is 16.5. The zero-order valence-corrected chi connectivity index (χ0v) is 21.9. The van der Waals surface area contributed by atoms with Gasteiger partial charge in [0.1, 0.15) is 23.9 Å². The number of para-hydroxylation sites is 1. The first kappa shape index (κ1) is 25.4. The highest BCUT2D eigenvalue weighted by molar-refractivity contribution is 5.94. The van der Waals surface area contributed by atoms with E-state index in [-0.39, 0.29) is 11.3 Å². The SMILES string of the molecule is COc1ccc(N2CCN(C(=O)c3ccc(OC)c(COc4ccccc4C(C)(C)C)c3)CC2)cc1.